The molecule has 98 valence electrons. The van der Waals surface area contributed by atoms with Crippen LogP contribution in [0.3, 0.4) is 0 Å². The molecule has 1 aromatic rings. The average Bonchev–Trinajstić information content (AvgIpc) is 2.27. The minimum Gasteiger partial charge on any atom is -0.398 e. The molecule has 1 aliphatic rings. The van der Waals surface area contributed by atoms with Crippen LogP contribution in [0.5, 0.6) is 0 Å². The van der Waals surface area contributed by atoms with E-state index in [-0.39, 0.29) is 10.5 Å². The molecular weight excluding hydrogens is 244 g/mol. The first kappa shape index (κ1) is 13.3. The minimum absolute atomic E-state index is 0.0278. The molecular formula is C14H20N2OS. The summed E-state index contributed by atoms with van der Waals surface area (Å²) < 4.78 is 0.260. The number of hydrogen-bond donors (Lipinski definition) is 1. The number of ketones is 1. The number of nitrogen functional groups attached to an aromatic ring is 1. The second-order valence-electron chi connectivity index (χ2n) is 5.36. The third-order valence-electron chi connectivity index (χ3n) is 3.21. The van der Waals surface area contributed by atoms with Gasteiger partial charge in [-0.2, -0.15) is 11.8 Å². The van der Waals surface area contributed by atoms with Gasteiger partial charge in [-0.15, -0.1) is 0 Å². The quantitative estimate of drug-likeness (QED) is 0.659. The van der Waals surface area contributed by atoms with Crippen molar-refractivity contribution in [2.75, 3.05) is 29.5 Å². The van der Waals surface area contributed by atoms with Crippen LogP contribution in [0, 0.1) is 0 Å². The van der Waals surface area contributed by atoms with Crippen molar-refractivity contribution >= 4 is 28.9 Å². The third kappa shape index (κ3) is 2.80. The molecule has 1 heterocycles. The van der Waals surface area contributed by atoms with Gasteiger partial charge in [0.1, 0.15) is 0 Å². The number of thioether (sulfide) groups is 1. The molecule has 0 bridgehead atoms. The van der Waals surface area contributed by atoms with E-state index in [1.165, 1.54) is 0 Å². The van der Waals surface area contributed by atoms with Crippen molar-refractivity contribution in [2.24, 2.45) is 0 Å². The summed E-state index contributed by atoms with van der Waals surface area (Å²) in [4.78, 5) is 13.9. The summed E-state index contributed by atoms with van der Waals surface area (Å²) >= 11 is 2.00. The summed E-state index contributed by atoms with van der Waals surface area (Å²) in [7, 11) is 0. The van der Waals surface area contributed by atoms with Crippen molar-refractivity contribution in [3.8, 4) is 0 Å². The number of nitrogens with two attached hydrogens (primary N) is 1. The molecule has 0 radical (unpaired) electrons. The molecule has 1 fully saturated rings. The highest BCUT2D eigenvalue weighted by Gasteiger charge is 2.27. The van der Waals surface area contributed by atoms with Crippen molar-refractivity contribution in [1.82, 2.24) is 0 Å². The molecule has 0 saturated carbocycles. The van der Waals surface area contributed by atoms with Gasteiger partial charge < -0.3 is 10.6 Å². The van der Waals surface area contributed by atoms with E-state index >= 15 is 0 Å². The number of benzene rings is 1. The van der Waals surface area contributed by atoms with E-state index in [0.29, 0.717) is 11.3 Å². The molecule has 0 atom stereocenters. The van der Waals surface area contributed by atoms with Gasteiger partial charge in [0.05, 0.1) is 0 Å². The van der Waals surface area contributed by atoms with Crippen molar-refractivity contribution in [2.45, 2.75) is 25.5 Å². The third-order valence-corrected chi connectivity index (χ3v) is 4.50. The Morgan fingerprint density at radius 1 is 1.44 bits per heavy atom. The molecule has 0 aliphatic carbocycles. The fourth-order valence-corrected chi connectivity index (χ4v) is 3.39. The fraction of sp³-hybridized carbons (Fsp3) is 0.500. The Morgan fingerprint density at radius 2 is 2.17 bits per heavy atom. The smallest absolute Gasteiger partial charge is 0.161 e. The van der Waals surface area contributed by atoms with Crippen LogP contribution in [0.25, 0.3) is 0 Å². The Bertz CT molecular complexity index is 471. The molecule has 1 aliphatic heterocycles. The topological polar surface area (TPSA) is 46.3 Å². The van der Waals surface area contributed by atoms with Crippen molar-refractivity contribution in [1.29, 1.82) is 0 Å². The highest BCUT2D eigenvalue weighted by Crippen LogP contribution is 2.33. The molecule has 1 aromatic carbocycles. The lowest BCUT2D eigenvalue weighted by molar-refractivity contribution is 0.101. The lowest BCUT2D eigenvalue weighted by Crippen LogP contribution is -2.43. The number of Topliss-reactive ketones (excluding diaryl/α,β-unsaturated/α-hetero) is 1. The Kier molecular flexibility index (Phi) is 3.57. The summed E-state index contributed by atoms with van der Waals surface area (Å²) in [5.74, 6) is 1.15. The summed E-state index contributed by atoms with van der Waals surface area (Å²) in [6.07, 6.45) is 0. The molecule has 0 amide bonds. The normalized spacial score (nSPS) is 18.7. The van der Waals surface area contributed by atoms with Gasteiger partial charge in [-0.1, -0.05) is 0 Å². The summed E-state index contributed by atoms with van der Waals surface area (Å²) in [6.45, 7) is 8.10. The van der Waals surface area contributed by atoms with E-state index in [1.54, 1.807) is 6.92 Å². The maximum absolute atomic E-state index is 11.5. The summed E-state index contributed by atoms with van der Waals surface area (Å²) in [5.41, 5.74) is 8.12. The number of hydrogen-bond acceptors (Lipinski definition) is 4. The van der Waals surface area contributed by atoms with E-state index in [2.05, 4.69) is 18.7 Å². The van der Waals surface area contributed by atoms with E-state index in [1.807, 2.05) is 30.0 Å². The van der Waals surface area contributed by atoms with Crippen LogP contribution >= 0.6 is 11.8 Å². The zero-order chi connectivity index (χ0) is 13.3. The summed E-state index contributed by atoms with van der Waals surface area (Å²) in [5, 5.41) is 0. The Balaban J connectivity index is 2.28. The maximum atomic E-state index is 11.5. The second-order valence-corrected chi connectivity index (χ2v) is 7.16. The fourth-order valence-electron chi connectivity index (χ4n) is 2.28. The summed E-state index contributed by atoms with van der Waals surface area (Å²) in [6, 6.07) is 5.76. The molecule has 2 rings (SSSR count). The first-order valence-electron chi connectivity index (χ1n) is 6.18. The van der Waals surface area contributed by atoms with Gasteiger partial charge in [0, 0.05) is 40.5 Å². The van der Waals surface area contributed by atoms with E-state index < -0.39 is 0 Å². The monoisotopic (exact) mass is 264 g/mol. The van der Waals surface area contributed by atoms with Crippen molar-refractivity contribution < 1.29 is 4.79 Å². The second kappa shape index (κ2) is 4.84. The van der Waals surface area contributed by atoms with Crippen LogP contribution in [0.15, 0.2) is 18.2 Å². The first-order valence-corrected chi connectivity index (χ1v) is 7.17. The number of nitrogens with zero attached hydrogens (tertiary/aromatic N) is 1. The zero-order valence-corrected chi connectivity index (χ0v) is 12.0. The van der Waals surface area contributed by atoms with Gasteiger partial charge in [-0.25, -0.2) is 0 Å². The molecule has 18 heavy (non-hydrogen) atoms. The predicted molar refractivity (Wildman–Crippen MR) is 79.6 cm³/mol. The lowest BCUT2D eigenvalue weighted by Gasteiger charge is -2.39. The van der Waals surface area contributed by atoms with Gasteiger partial charge >= 0.3 is 0 Å². The SMILES string of the molecule is CC(=O)c1cc(N2CCSC(C)(C)C2)ccc1N. The maximum Gasteiger partial charge on any atom is 0.161 e. The molecule has 0 spiro atoms. The van der Waals surface area contributed by atoms with E-state index in [0.717, 1.165) is 24.5 Å². The molecule has 1 saturated heterocycles. The molecule has 0 aromatic heterocycles. The van der Waals surface area contributed by atoms with Crippen molar-refractivity contribution in [3.63, 3.8) is 0 Å². The van der Waals surface area contributed by atoms with Crippen molar-refractivity contribution in [3.05, 3.63) is 23.8 Å². The Morgan fingerprint density at radius 3 is 2.78 bits per heavy atom. The zero-order valence-electron chi connectivity index (χ0n) is 11.2. The molecule has 3 nitrogen and oxygen atoms in total. The predicted octanol–water partition coefficient (Wildman–Crippen LogP) is 2.80. The highest BCUT2D eigenvalue weighted by atomic mass is 32.2. The Labute approximate surface area is 113 Å². The van der Waals surface area contributed by atoms with Gasteiger partial charge in [0.2, 0.25) is 0 Å². The molecule has 0 unspecified atom stereocenters. The molecule has 2 N–H and O–H groups in total. The lowest BCUT2D eigenvalue weighted by atomic mass is 10.1. The van der Waals surface area contributed by atoms with Crippen LogP contribution in [0.2, 0.25) is 0 Å². The van der Waals surface area contributed by atoms with Crippen LogP contribution in [0.4, 0.5) is 11.4 Å². The van der Waals surface area contributed by atoms with Crippen LogP contribution < -0.4 is 10.6 Å². The minimum atomic E-state index is 0.0278. The van der Waals surface area contributed by atoms with Gasteiger partial charge in [0.25, 0.3) is 0 Å². The number of carbonyl (C=O) groups excluding carboxylic acids is 1. The van der Waals surface area contributed by atoms with Crippen LogP contribution in [0.1, 0.15) is 31.1 Å². The number of carbonyl (C=O) groups is 1. The van der Waals surface area contributed by atoms with E-state index in [9.17, 15) is 4.79 Å². The Hall–Kier alpha value is -1.16. The highest BCUT2D eigenvalue weighted by molar-refractivity contribution is 8.00. The van der Waals surface area contributed by atoms with Gasteiger partial charge in [-0.05, 0) is 39.0 Å². The number of rotatable bonds is 2. The van der Waals surface area contributed by atoms with Gasteiger partial charge in [0.15, 0.2) is 5.78 Å². The van der Waals surface area contributed by atoms with Crippen LogP contribution in [-0.4, -0.2) is 29.4 Å². The largest absolute Gasteiger partial charge is 0.398 e. The molecule has 4 heteroatoms. The standard InChI is InChI=1S/C14H20N2OS/c1-10(17)12-8-11(4-5-13(12)15)16-6-7-18-14(2,3)9-16/h4-5,8H,6-7,9,15H2,1-3H3. The average molecular weight is 264 g/mol. The number of anilines is 2. The van der Waals surface area contributed by atoms with Gasteiger partial charge in [-0.3, -0.25) is 4.79 Å². The van der Waals surface area contributed by atoms with Crippen LogP contribution in [-0.2, 0) is 0 Å². The first-order chi connectivity index (χ1) is 8.39. The van der Waals surface area contributed by atoms with E-state index in [4.69, 9.17) is 5.73 Å².